The summed E-state index contributed by atoms with van der Waals surface area (Å²) >= 11 is 0. The SMILES string of the molecule is C=C(C)C(=O)Oc1ccc(-c2cccc3c(OC(=O)C(=C)C)cccc23)c(OC=O)c1. The summed E-state index contributed by atoms with van der Waals surface area (Å²) < 4.78 is 15.8. The van der Waals surface area contributed by atoms with Gasteiger partial charge in [0, 0.05) is 28.2 Å². The van der Waals surface area contributed by atoms with Crippen molar-refractivity contribution in [2.24, 2.45) is 0 Å². The molecule has 0 radical (unpaired) electrons. The molecular formula is C25H20O6. The lowest BCUT2D eigenvalue weighted by Gasteiger charge is -2.14. The summed E-state index contributed by atoms with van der Waals surface area (Å²) in [5.74, 6) is -0.300. The van der Waals surface area contributed by atoms with Crippen LogP contribution in [0.1, 0.15) is 13.8 Å². The molecule has 0 saturated heterocycles. The van der Waals surface area contributed by atoms with Crippen LogP contribution >= 0.6 is 0 Å². The Kier molecular flexibility index (Phi) is 6.31. The minimum Gasteiger partial charge on any atom is -0.428 e. The Morgan fingerprint density at radius 3 is 2.10 bits per heavy atom. The van der Waals surface area contributed by atoms with Crippen molar-refractivity contribution in [1.82, 2.24) is 0 Å². The lowest BCUT2D eigenvalue weighted by molar-refractivity contribution is -0.130. The van der Waals surface area contributed by atoms with Gasteiger partial charge in [-0.25, -0.2) is 9.59 Å². The lowest BCUT2D eigenvalue weighted by Crippen LogP contribution is -2.08. The van der Waals surface area contributed by atoms with E-state index in [4.69, 9.17) is 14.2 Å². The Morgan fingerprint density at radius 2 is 1.42 bits per heavy atom. The second-order valence-corrected chi connectivity index (χ2v) is 6.87. The number of ether oxygens (including phenoxy) is 3. The molecule has 156 valence electrons. The van der Waals surface area contributed by atoms with Crippen LogP contribution in [-0.2, 0) is 14.4 Å². The third kappa shape index (κ3) is 4.70. The van der Waals surface area contributed by atoms with Gasteiger partial charge in [-0.1, -0.05) is 43.5 Å². The van der Waals surface area contributed by atoms with E-state index in [1.54, 1.807) is 37.3 Å². The Labute approximate surface area is 179 Å². The fourth-order valence-electron chi connectivity index (χ4n) is 2.92. The fraction of sp³-hybridized carbons (Fsp3) is 0.0800. The maximum absolute atomic E-state index is 12.0. The molecule has 0 unspecified atom stereocenters. The Balaban J connectivity index is 2.11. The molecule has 0 aliphatic carbocycles. The summed E-state index contributed by atoms with van der Waals surface area (Å²) in [6.45, 7) is 10.6. The van der Waals surface area contributed by atoms with E-state index < -0.39 is 11.9 Å². The zero-order valence-corrected chi connectivity index (χ0v) is 17.1. The largest absolute Gasteiger partial charge is 0.428 e. The Morgan fingerprint density at radius 1 is 0.774 bits per heavy atom. The summed E-state index contributed by atoms with van der Waals surface area (Å²) in [5, 5.41) is 1.47. The summed E-state index contributed by atoms with van der Waals surface area (Å²) in [6.07, 6.45) is 0. The number of benzene rings is 3. The quantitative estimate of drug-likeness (QED) is 0.233. The monoisotopic (exact) mass is 416 g/mol. The highest BCUT2D eigenvalue weighted by atomic mass is 16.5. The average Bonchev–Trinajstić information content (AvgIpc) is 2.74. The van der Waals surface area contributed by atoms with Crippen molar-refractivity contribution in [3.8, 4) is 28.4 Å². The van der Waals surface area contributed by atoms with Crippen LogP contribution in [-0.4, -0.2) is 18.4 Å². The first kappa shape index (κ1) is 21.5. The zero-order valence-electron chi connectivity index (χ0n) is 17.1. The number of hydrogen-bond acceptors (Lipinski definition) is 6. The van der Waals surface area contributed by atoms with Crippen molar-refractivity contribution in [3.63, 3.8) is 0 Å². The number of rotatable bonds is 7. The minimum atomic E-state index is -0.584. The average molecular weight is 416 g/mol. The van der Waals surface area contributed by atoms with E-state index in [2.05, 4.69) is 13.2 Å². The van der Waals surface area contributed by atoms with E-state index in [0.717, 1.165) is 10.9 Å². The third-order valence-corrected chi connectivity index (χ3v) is 4.41. The Bertz CT molecular complexity index is 1220. The minimum absolute atomic E-state index is 0.207. The summed E-state index contributed by atoms with van der Waals surface area (Å²) in [7, 11) is 0. The zero-order chi connectivity index (χ0) is 22.5. The molecule has 3 aromatic rings. The standard InChI is InChI=1S/C25H20O6/c1-15(2)24(27)30-17-11-12-21(23(13-17)29-14-26)19-7-5-9-20-18(19)8-6-10-22(20)31-25(28)16(3)4/h5-14H,1,3H2,2,4H3. The van der Waals surface area contributed by atoms with Gasteiger partial charge in [-0.3, -0.25) is 4.79 Å². The topological polar surface area (TPSA) is 78.9 Å². The molecule has 31 heavy (non-hydrogen) atoms. The summed E-state index contributed by atoms with van der Waals surface area (Å²) in [5.41, 5.74) is 1.86. The summed E-state index contributed by atoms with van der Waals surface area (Å²) in [4.78, 5) is 34.9. The molecule has 3 rings (SSSR count). The second kappa shape index (κ2) is 9.09. The first-order valence-corrected chi connectivity index (χ1v) is 9.33. The van der Waals surface area contributed by atoms with Gasteiger partial charge in [0.05, 0.1) is 0 Å². The van der Waals surface area contributed by atoms with E-state index in [1.807, 2.05) is 18.2 Å². The van der Waals surface area contributed by atoms with Crippen molar-refractivity contribution in [2.45, 2.75) is 13.8 Å². The predicted molar refractivity (Wildman–Crippen MR) is 117 cm³/mol. The molecule has 0 aliphatic heterocycles. The van der Waals surface area contributed by atoms with Crippen molar-refractivity contribution in [1.29, 1.82) is 0 Å². The van der Waals surface area contributed by atoms with Gasteiger partial charge in [-0.2, -0.15) is 0 Å². The highest BCUT2D eigenvalue weighted by Crippen LogP contribution is 2.39. The molecule has 3 aromatic carbocycles. The molecule has 0 bridgehead atoms. The van der Waals surface area contributed by atoms with Gasteiger partial charge in [0.2, 0.25) is 0 Å². The maximum Gasteiger partial charge on any atom is 0.338 e. The van der Waals surface area contributed by atoms with E-state index in [1.165, 1.54) is 13.0 Å². The highest BCUT2D eigenvalue weighted by Gasteiger charge is 2.16. The first-order valence-electron chi connectivity index (χ1n) is 9.33. The van der Waals surface area contributed by atoms with Crippen LogP contribution in [0.3, 0.4) is 0 Å². The van der Waals surface area contributed by atoms with Crippen LogP contribution in [0, 0.1) is 0 Å². The molecule has 0 aliphatic rings. The van der Waals surface area contributed by atoms with Gasteiger partial charge in [0.15, 0.2) is 0 Å². The second-order valence-electron chi connectivity index (χ2n) is 6.87. The number of carbonyl (C=O) groups excluding carboxylic acids is 3. The molecule has 0 spiro atoms. The molecule has 0 saturated carbocycles. The Hall–Kier alpha value is -4.19. The number of esters is 2. The molecule has 0 aromatic heterocycles. The number of hydrogen-bond donors (Lipinski definition) is 0. The summed E-state index contributed by atoms with van der Waals surface area (Å²) in [6, 6.07) is 15.5. The predicted octanol–water partition coefficient (Wildman–Crippen LogP) is 5.01. The maximum atomic E-state index is 12.0. The smallest absolute Gasteiger partial charge is 0.338 e. The molecule has 0 heterocycles. The van der Waals surface area contributed by atoms with E-state index >= 15 is 0 Å². The van der Waals surface area contributed by atoms with Crippen molar-refractivity contribution in [2.75, 3.05) is 0 Å². The van der Waals surface area contributed by atoms with Crippen LogP contribution in [0.25, 0.3) is 21.9 Å². The number of fused-ring (bicyclic) bond motifs is 1. The first-order chi connectivity index (χ1) is 14.8. The normalized spacial score (nSPS) is 10.3. The fourth-order valence-corrected chi connectivity index (χ4v) is 2.92. The van der Waals surface area contributed by atoms with Gasteiger partial charge >= 0.3 is 11.9 Å². The van der Waals surface area contributed by atoms with Crippen LogP contribution in [0.4, 0.5) is 0 Å². The molecule has 0 N–H and O–H groups in total. The van der Waals surface area contributed by atoms with Crippen molar-refractivity contribution < 1.29 is 28.6 Å². The molecule has 0 fully saturated rings. The third-order valence-electron chi connectivity index (χ3n) is 4.41. The van der Waals surface area contributed by atoms with Crippen LogP contribution in [0.2, 0.25) is 0 Å². The van der Waals surface area contributed by atoms with E-state index in [-0.39, 0.29) is 22.6 Å². The molecule has 6 heteroatoms. The van der Waals surface area contributed by atoms with Gasteiger partial charge in [0.25, 0.3) is 6.47 Å². The van der Waals surface area contributed by atoms with E-state index in [9.17, 15) is 14.4 Å². The van der Waals surface area contributed by atoms with Crippen LogP contribution in [0.15, 0.2) is 78.9 Å². The molecule has 0 amide bonds. The highest BCUT2D eigenvalue weighted by molar-refractivity contribution is 6.02. The van der Waals surface area contributed by atoms with Crippen LogP contribution < -0.4 is 14.2 Å². The van der Waals surface area contributed by atoms with Crippen molar-refractivity contribution >= 4 is 29.2 Å². The van der Waals surface area contributed by atoms with Gasteiger partial charge in [0.1, 0.15) is 17.2 Å². The molecule has 6 nitrogen and oxygen atoms in total. The van der Waals surface area contributed by atoms with Crippen molar-refractivity contribution in [3.05, 3.63) is 78.9 Å². The van der Waals surface area contributed by atoms with E-state index in [0.29, 0.717) is 23.2 Å². The van der Waals surface area contributed by atoms with Crippen LogP contribution in [0.5, 0.6) is 17.2 Å². The van der Waals surface area contributed by atoms with Gasteiger partial charge in [-0.05, 0) is 43.0 Å². The molecular weight excluding hydrogens is 396 g/mol. The van der Waals surface area contributed by atoms with Gasteiger partial charge < -0.3 is 14.2 Å². The lowest BCUT2D eigenvalue weighted by atomic mass is 9.97. The van der Waals surface area contributed by atoms with Gasteiger partial charge in [-0.15, -0.1) is 0 Å². The molecule has 0 atom stereocenters. The number of carbonyl (C=O) groups is 3.